The number of carbonyl (C=O) groups is 3. The van der Waals surface area contributed by atoms with E-state index >= 15 is 0 Å². The number of alkyl halides is 3. The van der Waals surface area contributed by atoms with Gasteiger partial charge in [0.25, 0.3) is 5.91 Å². The molecule has 164 valence electrons. The van der Waals surface area contributed by atoms with Crippen LogP contribution in [0.3, 0.4) is 0 Å². The van der Waals surface area contributed by atoms with Gasteiger partial charge in [0.2, 0.25) is 5.91 Å². The van der Waals surface area contributed by atoms with Gasteiger partial charge < -0.3 is 21.3 Å². The molecule has 31 heavy (non-hydrogen) atoms. The quantitative estimate of drug-likeness (QED) is 0.501. The molecule has 0 atom stereocenters. The fraction of sp³-hybridized carbons (Fsp3) is 0.286. The maximum Gasteiger partial charge on any atom is 0.416 e. The molecule has 1 aliphatic rings. The smallest absolute Gasteiger partial charge is 0.350 e. The van der Waals surface area contributed by atoms with Crippen molar-refractivity contribution in [3.8, 4) is 0 Å². The monoisotopic (exact) mass is 434 g/mol. The van der Waals surface area contributed by atoms with Crippen LogP contribution in [0.5, 0.6) is 0 Å². The average Bonchev–Trinajstić information content (AvgIpc) is 3.57. The number of amides is 4. The molecule has 2 aromatic rings. The Labute approximate surface area is 176 Å². The lowest BCUT2D eigenvalue weighted by Gasteiger charge is -2.10. The van der Waals surface area contributed by atoms with Crippen LogP contribution in [0.15, 0.2) is 48.5 Å². The van der Waals surface area contributed by atoms with Gasteiger partial charge in [-0.2, -0.15) is 13.2 Å². The standard InChI is InChI=1S/C21H21F3N4O3/c22-21(23,24)15-5-9-17(10-6-15)28-20(31)26-12-11-25-18(29)13-3-7-16(8-4-13)27-19(30)14-1-2-14/h3-10,14H,1-2,11-12H2,(H,25,29)(H,27,30)(H2,26,28,31). The van der Waals surface area contributed by atoms with Crippen LogP contribution in [-0.4, -0.2) is 30.9 Å². The van der Waals surface area contributed by atoms with E-state index in [0.717, 1.165) is 37.1 Å². The Morgan fingerprint density at radius 3 is 1.94 bits per heavy atom. The highest BCUT2D eigenvalue weighted by atomic mass is 19.4. The first-order valence-corrected chi connectivity index (χ1v) is 9.63. The van der Waals surface area contributed by atoms with E-state index in [2.05, 4.69) is 21.3 Å². The topological polar surface area (TPSA) is 99.3 Å². The second kappa shape index (κ2) is 9.50. The number of nitrogens with one attached hydrogen (secondary N) is 4. The third-order valence-electron chi connectivity index (χ3n) is 4.53. The van der Waals surface area contributed by atoms with Crippen molar-refractivity contribution in [1.29, 1.82) is 0 Å². The molecule has 4 amide bonds. The predicted molar refractivity (Wildman–Crippen MR) is 109 cm³/mol. The maximum absolute atomic E-state index is 12.5. The molecular formula is C21H21F3N4O3. The Kier molecular flexibility index (Phi) is 6.78. The molecule has 3 rings (SSSR count). The van der Waals surface area contributed by atoms with E-state index in [4.69, 9.17) is 0 Å². The molecule has 4 N–H and O–H groups in total. The molecule has 0 aliphatic heterocycles. The molecule has 7 nitrogen and oxygen atoms in total. The summed E-state index contributed by atoms with van der Waals surface area (Å²) in [6.07, 6.45) is -2.63. The second-order valence-corrected chi connectivity index (χ2v) is 7.05. The second-order valence-electron chi connectivity index (χ2n) is 7.05. The Bertz CT molecular complexity index is 940. The van der Waals surface area contributed by atoms with E-state index in [1.165, 1.54) is 0 Å². The largest absolute Gasteiger partial charge is 0.416 e. The fourth-order valence-electron chi connectivity index (χ4n) is 2.67. The summed E-state index contributed by atoms with van der Waals surface area (Å²) in [5.41, 5.74) is 0.427. The van der Waals surface area contributed by atoms with Gasteiger partial charge in [0.05, 0.1) is 5.56 Å². The van der Waals surface area contributed by atoms with Gasteiger partial charge in [-0.15, -0.1) is 0 Å². The number of rotatable bonds is 7. The first-order valence-electron chi connectivity index (χ1n) is 9.63. The number of hydrogen-bond acceptors (Lipinski definition) is 3. The van der Waals surface area contributed by atoms with Gasteiger partial charge in [-0.05, 0) is 61.4 Å². The van der Waals surface area contributed by atoms with E-state index < -0.39 is 17.8 Å². The van der Waals surface area contributed by atoms with Crippen LogP contribution in [0.2, 0.25) is 0 Å². The SMILES string of the molecule is O=C(NCCNC(=O)c1ccc(NC(=O)C2CC2)cc1)Nc1ccc(C(F)(F)F)cc1. The minimum absolute atomic E-state index is 0.0159. The number of urea groups is 1. The lowest BCUT2D eigenvalue weighted by molar-refractivity contribution is -0.137. The summed E-state index contributed by atoms with van der Waals surface area (Å²) < 4.78 is 37.6. The van der Waals surface area contributed by atoms with Crippen LogP contribution in [0.25, 0.3) is 0 Å². The summed E-state index contributed by atoms with van der Waals surface area (Å²) >= 11 is 0. The van der Waals surface area contributed by atoms with Crippen molar-refractivity contribution < 1.29 is 27.6 Å². The zero-order chi connectivity index (χ0) is 22.4. The zero-order valence-electron chi connectivity index (χ0n) is 16.4. The average molecular weight is 434 g/mol. The van der Waals surface area contributed by atoms with E-state index in [1.807, 2.05) is 0 Å². The van der Waals surface area contributed by atoms with E-state index in [0.29, 0.717) is 11.3 Å². The summed E-state index contributed by atoms with van der Waals surface area (Å²) in [5, 5.41) is 10.3. The number of carbonyl (C=O) groups excluding carboxylic acids is 3. The van der Waals surface area contributed by atoms with E-state index in [9.17, 15) is 27.6 Å². The summed E-state index contributed by atoms with van der Waals surface area (Å²) in [6.45, 7) is 0.271. The maximum atomic E-state index is 12.5. The highest BCUT2D eigenvalue weighted by Crippen LogP contribution is 2.30. The molecule has 0 saturated heterocycles. The molecule has 0 unspecified atom stereocenters. The Morgan fingerprint density at radius 2 is 1.35 bits per heavy atom. The number of halogens is 3. The first-order chi connectivity index (χ1) is 14.7. The molecule has 10 heteroatoms. The molecule has 0 aromatic heterocycles. The lowest BCUT2D eigenvalue weighted by Crippen LogP contribution is -2.36. The van der Waals surface area contributed by atoms with E-state index in [1.54, 1.807) is 24.3 Å². The molecule has 2 aromatic carbocycles. The third-order valence-corrected chi connectivity index (χ3v) is 4.53. The Hall–Kier alpha value is -3.56. The van der Waals surface area contributed by atoms with Crippen LogP contribution < -0.4 is 21.3 Å². The van der Waals surface area contributed by atoms with Crippen LogP contribution >= 0.6 is 0 Å². The molecule has 1 fully saturated rings. The lowest BCUT2D eigenvalue weighted by atomic mass is 10.2. The van der Waals surface area contributed by atoms with Crippen molar-refractivity contribution >= 4 is 29.2 Å². The molecule has 0 bridgehead atoms. The van der Waals surface area contributed by atoms with Crippen molar-refractivity contribution in [1.82, 2.24) is 10.6 Å². The van der Waals surface area contributed by atoms with Crippen molar-refractivity contribution in [2.75, 3.05) is 23.7 Å². The van der Waals surface area contributed by atoms with Crippen molar-refractivity contribution in [3.63, 3.8) is 0 Å². The third kappa shape index (κ3) is 6.73. The summed E-state index contributed by atoms with van der Waals surface area (Å²) in [7, 11) is 0. The molecule has 1 saturated carbocycles. The van der Waals surface area contributed by atoms with Gasteiger partial charge in [0.15, 0.2) is 0 Å². The fourth-order valence-corrected chi connectivity index (χ4v) is 2.67. The van der Waals surface area contributed by atoms with Crippen LogP contribution in [-0.2, 0) is 11.0 Å². The number of benzene rings is 2. The molecule has 0 heterocycles. The Balaban J connectivity index is 1.36. The molecular weight excluding hydrogens is 413 g/mol. The van der Waals surface area contributed by atoms with Gasteiger partial charge in [-0.25, -0.2) is 4.79 Å². The van der Waals surface area contributed by atoms with Crippen molar-refractivity contribution in [2.24, 2.45) is 5.92 Å². The van der Waals surface area contributed by atoms with E-state index in [-0.39, 0.29) is 36.5 Å². The number of anilines is 2. The minimum Gasteiger partial charge on any atom is -0.350 e. The van der Waals surface area contributed by atoms with Crippen LogP contribution in [0, 0.1) is 5.92 Å². The Morgan fingerprint density at radius 1 is 0.806 bits per heavy atom. The normalized spacial score (nSPS) is 13.3. The van der Waals surface area contributed by atoms with Crippen LogP contribution in [0.1, 0.15) is 28.8 Å². The molecule has 0 radical (unpaired) electrons. The summed E-state index contributed by atoms with van der Waals surface area (Å²) in [4.78, 5) is 35.6. The highest BCUT2D eigenvalue weighted by molar-refractivity contribution is 5.96. The van der Waals surface area contributed by atoms with Gasteiger partial charge in [0, 0.05) is 35.9 Å². The highest BCUT2D eigenvalue weighted by Gasteiger charge is 2.30. The molecule has 0 spiro atoms. The minimum atomic E-state index is -4.44. The number of hydrogen-bond donors (Lipinski definition) is 4. The van der Waals surface area contributed by atoms with Crippen molar-refractivity contribution in [2.45, 2.75) is 19.0 Å². The zero-order valence-corrected chi connectivity index (χ0v) is 16.4. The predicted octanol–water partition coefficient (Wildman–Crippen LogP) is 3.61. The van der Waals surface area contributed by atoms with Gasteiger partial charge in [-0.1, -0.05) is 0 Å². The summed E-state index contributed by atoms with van der Waals surface area (Å²) in [6, 6.07) is 9.91. The van der Waals surface area contributed by atoms with Gasteiger partial charge in [0.1, 0.15) is 0 Å². The molecule has 1 aliphatic carbocycles. The van der Waals surface area contributed by atoms with Gasteiger partial charge in [-0.3, -0.25) is 9.59 Å². The first kappa shape index (κ1) is 22.1. The van der Waals surface area contributed by atoms with Gasteiger partial charge >= 0.3 is 12.2 Å². The van der Waals surface area contributed by atoms with Crippen molar-refractivity contribution in [3.05, 3.63) is 59.7 Å². The summed E-state index contributed by atoms with van der Waals surface area (Å²) in [5.74, 6) is -0.269. The van der Waals surface area contributed by atoms with Crippen LogP contribution in [0.4, 0.5) is 29.3 Å².